The molecule has 0 bridgehead atoms. The number of aliphatic hydroxyl groups is 1. The quantitative estimate of drug-likeness (QED) is 0.870. The maximum Gasteiger partial charge on any atom is 0.123 e. The Bertz CT molecular complexity index is 306. The number of nitrogens with one attached hydrogen (secondary N) is 1. The van der Waals surface area contributed by atoms with E-state index in [0.29, 0.717) is 6.54 Å². The van der Waals surface area contributed by atoms with E-state index in [0.717, 1.165) is 10.0 Å². The zero-order valence-electron chi connectivity index (χ0n) is 7.93. The Labute approximate surface area is 91.3 Å². The van der Waals surface area contributed by atoms with Gasteiger partial charge in [0.15, 0.2) is 0 Å². The van der Waals surface area contributed by atoms with Crippen molar-refractivity contribution in [1.82, 2.24) is 5.32 Å². The zero-order valence-corrected chi connectivity index (χ0v) is 9.51. The molecule has 14 heavy (non-hydrogen) atoms. The van der Waals surface area contributed by atoms with Crippen LogP contribution in [-0.4, -0.2) is 17.8 Å². The third-order valence-corrected chi connectivity index (χ3v) is 2.70. The highest BCUT2D eigenvalue weighted by molar-refractivity contribution is 9.10. The van der Waals surface area contributed by atoms with Crippen LogP contribution in [-0.2, 0) is 6.54 Å². The molecule has 1 aromatic carbocycles. The Morgan fingerprint density at radius 1 is 1.57 bits per heavy atom. The molecule has 1 rings (SSSR count). The molecule has 0 spiro atoms. The summed E-state index contributed by atoms with van der Waals surface area (Å²) in [6.45, 7) is 2.49. The van der Waals surface area contributed by atoms with E-state index in [9.17, 15) is 4.39 Å². The van der Waals surface area contributed by atoms with Crippen LogP contribution in [0.4, 0.5) is 4.39 Å². The topological polar surface area (TPSA) is 32.3 Å². The molecular formula is C10H13BrFNO. The van der Waals surface area contributed by atoms with E-state index >= 15 is 0 Å². The summed E-state index contributed by atoms with van der Waals surface area (Å²) >= 11 is 3.33. The maximum atomic E-state index is 12.9. The molecule has 0 amide bonds. The van der Waals surface area contributed by atoms with E-state index in [1.807, 2.05) is 6.92 Å². The summed E-state index contributed by atoms with van der Waals surface area (Å²) in [5, 5.41) is 11.9. The summed E-state index contributed by atoms with van der Waals surface area (Å²) in [4.78, 5) is 0. The Morgan fingerprint density at radius 3 is 2.93 bits per heavy atom. The largest absolute Gasteiger partial charge is 0.395 e. The fraction of sp³-hybridized carbons (Fsp3) is 0.400. The van der Waals surface area contributed by atoms with Crippen molar-refractivity contribution < 1.29 is 9.50 Å². The SMILES string of the molecule is C[C@H](CO)NCc1cc(F)ccc1Br. The molecule has 78 valence electrons. The van der Waals surface area contributed by atoms with Gasteiger partial charge in [0, 0.05) is 17.1 Å². The van der Waals surface area contributed by atoms with Gasteiger partial charge in [0.05, 0.1) is 6.61 Å². The fourth-order valence-electron chi connectivity index (χ4n) is 1.03. The third kappa shape index (κ3) is 3.36. The molecule has 1 atom stereocenters. The Balaban J connectivity index is 2.62. The van der Waals surface area contributed by atoms with Gasteiger partial charge >= 0.3 is 0 Å². The monoisotopic (exact) mass is 261 g/mol. The Hall–Kier alpha value is -0.450. The zero-order chi connectivity index (χ0) is 10.6. The number of halogens is 2. The van der Waals surface area contributed by atoms with E-state index in [-0.39, 0.29) is 18.5 Å². The van der Waals surface area contributed by atoms with Crippen molar-refractivity contribution >= 4 is 15.9 Å². The van der Waals surface area contributed by atoms with Crippen molar-refractivity contribution in [2.45, 2.75) is 19.5 Å². The summed E-state index contributed by atoms with van der Waals surface area (Å²) in [5.41, 5.74) is 0.852. The summed E-state index contributed by atoms with van der Waals surface area (Å²) in [5.74, 6) is -0.248. The Morgan fingerprint density at radius 2 is 2.29 bits per heavy atom. The van der Waals surface area contributed by atoms with Gasteiger partial charge in [0.1, 0.15) is 5.82 Å². The van der Waals surface area contributed by atoms with Crippen molar-refractivity contribution in [3.8, 4) is 0 Å². The van der Waals surface area contributed by atoms with Crippen LogP contribution in [0, 0.1) is 5.82 Å². The Kier molecular flexibility index (Phi) is 4.51. The first kappa shape index (κ1) is 11.6. The standard InChI is InChI=1S/C10H13BrFNO/c1-7(6-14)13-5-8-4-9(12)2-3-10(8)11/h2-4,7,13-14H,5-6H2,1H3/t7-/m1/s1. The van der Waals surface area contributed by atoms with Gasteiger partial charge in [-0.05, 0) is 30.7 Å². The molecule has 0 aromatic heterocycles. The average Bonchev–Trinajstić information content (AvgIpc) is 2.19. The molecule has 0 aliphatic heterocycles. The normalized spacial score (nSPS) is 12.9. The fourth-order valence-corrected chi connectivity index (χ4v) is 1.41. The number of hydrogen-bond donors (Lipinski definition) is 2. The van der Waals surface area contributed by atoms with Crippen molar-refractivity contribution in [2.75, 3.05) is 6.61 Å². The van der Waals surface area contributed by atoms with Crippen LogP contribution in [0.3, 0.4) is 0 Å². The predicted octanol–water partition coefficient (Wildman–Crippen LogP) is 2.06. The van der Waals surface area contributed by atoms with Gasteiger partial charge in [-0.15, -0.1) is 0 Å². The highest BCUT2D eigenvalue weighted by Crippen LogP contribution is 2.17. The molecule has 1 aromatic rings. The van der Waals surface area contributed by atoms with Crippen molar-refractivity contribution in [3.05, 3.63) is 34.1 Å². The third-order valence-electron chi connectivity index (χ3n) is 1.92. The molecular weight excluding hydrogens is 249 g/mol. The second-order valence-corrected chi connectivity index (χ2v) is 4.05. The maximum absolute atomic E-state index is 12.9. The molecule has 2 nitrogen and oxygen atoms in total. The van der Waals surface area contributed by atoms with Crippen LogP contribution in [0.1, 0.15) is 12.5 Å². The number of aliphatic hydroxyl groups excluding tert-OH is 1. The molecule has 0 saturated carbocycles. The lowest BCUT2D eigenvalue weighted by molar-refractivity contribution is 0.251. The second kappa shape index (κ2) is 5.44. The first-order valence-electron chi connectivity index (χ1n) is 4.41. The average molecular weight is 262 g/mol. The van der Waals surface area contributed by atoms with Crippen LogP contribution >= 0.6 is 15.9 Å². The molecule has 2 N–H and O–H groups in total. The van der Waals surface area contributed by atoms with Gasteiger partial charge in [0.2, 0.25) is 0 Å². The molecule has 0 radical (unpaired) electrons. The minimum atomic E-state index is -0.248. The van der Waals surface area contributed by atoms with E-state index in [1.165, 1.54) is 12.1 Å². The lowest BCUT2D eigenvalue weighted by Crippen LogP contribution is -2.28. The predicted molar refractivity (Wildman–Crippen MR) is 57.5 cm³/mol. The van der Waals surface area contributed by atoms with Crippen molar-refractivity contribution in [3.63, 3.8) is 0 Å². The first-order valence-corrected chi connectivity index (χ1v) is 5.21. The summed E-state index contributed by atoms with van der Waals surface area (Å²) in [6.07, 6.45) is 0. The van der Waals surface area contributed by atoms with E-state index in [4.69, 9.17) is 5.11 Å². The van der Waals surface area contributed by atoms with Crippen LogP contribution < -0.4 is 5.32 Å². The van der Waals surface area contributed by atoms with Gasteiger partial charge < -0.3 is 10.4 Å². The van der Waals surface area contributed by atoms with Gasteiger partial charge in [-0.1, -0.05) is 15.9 Å². The molecule has 4 heteroatoms. The van der Waals surface area contributed by atoms with Crippen LogP contribution in [0.5, 0.6) is 0 Å². The first-order chi connectivity index (χ1) is 6.63. The van der Waals surface area contributed by atoms with Crippen molar-refractivity contribution in [1.29, 1.82) is 0 Å². The van der Waals surface area contributed by atoms with Crippen molar-refractivity contribution in [2.24, 2.45) is 0 Å². The number of benzene rings is 1. The highest BCUT2D eigenvalue weighted by atomic mass is 79.9. The highest BCUT2D eigenvalue weighted by Gasteiger charge is 2.03. The summed E-state index contributed by atoms with van der Waals surface area (Å²) in [6, 6.07) is 4.57. The number of hydrogen-bond acceptors (Lipinski definition) is 2. The van der Waals surface area contributed by atoms with Gasteiger partial charge in [-0.2, -0.15) is 0 Å². The minimum absolute atomic E-state index is 0.0187. The molecule has 0 unspecified atom stereocenters. The van der Waals surface area contributed by atoms with E-state index in [2.05, 4.69) is 21.2 Å². The van der Waals surface area contributed by atoms with E-state index in [1.54, 1.807) is 6.07 Å². The van der Waals surface area contributed by atoms with Gasteiger partial charge in [-0.25, -0.2) is 4.39 Å². The van der Waals surface area contributed by atoms with Crippen LogP contribution in [0.15, 0.2) is 22.7 Å². The minimum Gasteiger partial charge on any atom is -0.395 e. The van der Waals surface area contributed by atoms with Crippen LogP contribution in [0.25, 0.3) is 0 Å². The lowest BCUT2D eigenvalue weighted by Gasteiger charge is -2.11. The van der Waals surface area contributed by atoms with Gasteiger partial charge in [-0.3, -0.25) is 0 Å². The van der Waals surface area contributed by atoms with Crippen LogP contribution in [0.2, 0.25) is 0 Å². The molecule has 0 aliphatic rings. The summed E-state index contributed by atoms with van der Waals surface area (Å²) in [7, 11) is 0. The molecule has 0 heterocycles. The van der Waals surface area contributed by atoms with Gasteiger partial charge in [0.25, 0.3) is 0 Å². The lowest BCUT2D eigenvalue weighted by atomic mass is 10.2. The second-order valence-electron chi connectivity index (χ2n) is 3.20. The number of rotatable bonds is 4. The molecule has 0 saturated heterocycles. The smallest absolute Gasteiger partial charge is 0.123 e. The molecule has 0 fully saturated rings. The summed E-state index contributed by atoms with van der Waals surface area (Å²) < 4.78 is 13.7. The molecule has 0 aliphatic carbocycles. The van der Waals surface area contributed by atoms with E-state index < -0.39 is 0 Å².